The minimum atomic E-state index is -0.124. The Morgan fingerprint density at radius 3 is 2.00 bits per heavy atom. The third kappa shape index (κ3) is 0.485. The van der Waals surface area contributed by atoms with Gasteiger partial charge in [0.1, 0.15) is 0 Å². The molecule has 0 aromatic rings. The Bertz CT molecular complexity index is 386. The van der Waals surface area contributed by atoms with Gasteiger partial charge in [-0.2, -0.15) is 0 Å². The lowest BCUT2D eigenvalue weighted by molar-refractivity contribution is -0.126. The molecule has 1 amide bonds. The van der Waals surface area contributed by atoms with E-state index in [1.54, 1.807) is 0 Å². The first-order chi connectivity index (χ1) is 6.69. The van der Waals surface area contributed by atoms with E-state index in [2.05, 4.69) is 46.9 Å². The Labute approximate surface area is 91.8 Å². The number of piperidine rings is 1. The summed E-state index contributed by atoms with van der Waals surface area (Å²) in [6.45, 7) is 13.6. The summed E-state index contributed by atoms with van der Waals surface area (Å²) in [5, 5.41) is 3.27. The van der Waals surface area contributed by atoms with Gasteiger partial charge in [0, 0.05) is 11.0 Å². The Morgan fingerprint density at radius 2 is 1.60 bits per heavy atom. The van der Waals surface area contributed by atoms with E-state index in [0.29, 0.717) is 11.8 Å². The molecule has 2 heteroatoms. The SMILES string of the molecule is C[C@@H]1[C@H](C)[C@@]2(C)[C@]3(C)C(=O)N[C@]1(C)[C@]32C. The first-order valence-corrected chi connectivity index (χ1v) is 6.02. The van der Waals surface area contributed by atoms with Crippen LogP contribution >= 0.6 is 0 Å². The lowest BCUT2D eigenvalue weighted by atomic mass is 9.73. The second-order valence-corrected chi connectivity index (χ2v) is 6.69. The molecule has 0 radical (unpaired) electrons. The van der Waals surface area contributed by atoms with E-state index in [0.717, 1.165) is 0 Å². The van der Waals surface area contributed by atoms with E-state index in [1.165, 1.54) is 0 Å². The van der Waals surface area contributed by atoms with Gasteiger partial charge in [-0.1, -0.05) is 27.7 Å². The summed E-state index contributed by atoms with van der Waals surface area (Å²) in [4.78, 5) is 12.2. The summed E-state index contributed by atoms with van der Waals surface area (Å²) in [5.74, 6) is 1.48. The number of hydrogen-bond donors (Lipinski definition) is 1. The van der Waals surface area contributed by atoms with Crippen LogP contribution in [0.5, 0.6) is 0 Å². The van der Waals surface area contributed by atoms with Crippen LogP contribution in [-0.4, -0.2) is 11.4 Å². The molecule has 3 aliphatic rings. The summed E-state index contributed by atoms with van der Waals surface area (Å²) >= 11 is 0. The van der Waals surface area contributed by atoms with Crippen LogP contribution in [0.1, 0.15) is 41.5 Å². The summed E-state index contributed by atoms with van der Waals surface area (Å²) in [6, 6.07) is 0. The number of amides is 1. The molecule has 2 saturated carbocycles. The zero-order chi connectivity index (χ0) is 11.4. The van der Waals surface area contributed by atoms with Gasteiger partial charge in [-0.05, 0) is 31.1 Å². The number of nitrogens with one attached hydrogen (secondary N) is 1. The molecule has 84 valence electrons. The molecule has 0 aromatic heterocycles. The molecule has 2 nitrogen and oxygen atoms in total. The highest BCUT2D eigenvalue weighted by molar-refractivity contribution is 5.95. The van der Waals surface area contributed by atoms with E-state index in [9.17, 15) is 4.79 Å². The molecule has 1 aliphatic heterocycles. The maximum Gasteiger partial charge on any atom is 0.227 e. The Morgan fingerprint density at radius 1 is 1.07 bits per heavy atom. The molecule has 0 bridgehead atoms. The quantitative estimate of drug-likeness (QED) is 0.648. The van der Waals surface area contributed by atoms with Crippen LogP contribution < -0.4 is 5.32 Å². The average Bonchev–Trinajstić information content (AvgIpc) is 2.48. The zero-order valence-corrected chi connectivity index (χ0v) is 10.6. The Balaban J connectivity index is 2.29. The van der Waals surface area contributed by atoms with Crippen molar-refractivity contribution in [3.8, 4) is 0 Å². The molecule has 1 heterocycles. The van der Waals surface area contributed by atoms with Gasteiger partial charge in [-0.15, -0.1) is 0 Å². The number of fused-ring (bicyclic) bond motifs is 1. The van der Waals surface area contributed by atoms with Crippen molar-refractivity contribution in [2.24, 2.45) is 28.1 Å². The van der Waals surface area contributed by atoms with Crippen molar-refractivity contribution in [1.29, 1.82) is 0 Å². The number of hydrogen-bond acceptors (Lipinski definition) is 1. The molecule has 1 N–H and O–H groups in total. The largest absolute Gasteiger partial charge is 0.350 e. The summed E-state index contributed by atoms with van der Waals surface area (Å²) < 4.78 is 0. The van der Waals surface area contributed by atoms with Crippen LogP contribution in [0.15, 0.2) is 0 Å². The van der Waals surface area contributed by atoms with Gasteiger partial charge in [-0.3, -0.25) is 4.79 Å². The number of carbonyl (C=O) groups is 1. The summed E-state index contributed by atoms with van der Waals surface area (Å²) in [6.07, 6.45) is 0. The van der Waals surface area contributed by atoms with Gasteiger partial charge in [0.2, 0.25) is 5.91 Å². The number of rotatable bonds is 0. The first-order valence-electron chi connectivity index (χ1n) is 6.02. The fraction of sp³-hybridized carbons (Fsp3) is 0.923. The average molecular weight is 207 g/mol. The highest BCUT2D eigenvalue weighted by Gasteiger charge is 2.97. The molecule has 6 atom stereocenters. The van der Waals surface area contributed by atoms with Crippen molar-refractivity contribution in [2.45, 2.75) is 47.1 Å². The maximum absolute atomic E-state index is 12.2. The van der Waals surface area contributed by atoms with Crippen LogP contribution in [0.3, 0.4) is 0 Å². The molecule has 3 fully saturated rings. The highest BCUT2D eigenvalue weighted by Crippen LogP contribution is 2.92. The van der Waals surface area contributed by atoms with Crippen molar-refractivity contribution >= 4 is 5.91 Å². The molecule has 15 heavy (non-hydrogen) atoms. The lowest BCUT2D eigenvalue weighted by Gasteiger charge is -2.35. The molecule has 0 spiro atoms. The minimum absolute atomic E-state index is 0.00694. The molecular weight excluding hydrogens is 186 g/mol. The first kappa shape index (κ1) is 9.68. The normalized spacial score (nSPS) is 70.4. The fourth-order valence-corrected chi connectivity index (χ4v) is 5.65. The van der Waals surface area contributed by atoms with Gasteiger partial charge in [0.15, 0.2) is 0 Å². The van der Waals surface area contributed by atoms with Gasteiger partial charge in [0.25, 0.3) is 0 Å². The van der Waals surface area contributed by atoms with Crippen LogP contribution in [0.25, 0.3) is 0 Å². The van der Waals surface area contributed by atoms with Crippen molar-refractivity contribution < 1.29 is 4.79 Å². The molecule has 0 unspecified atom stereocenters. The van der Waals surface area contributed by atoms with Crippen molar-refractivity contribution in [1.82, 2.24) is 5.32 Å². The highest BCUT2D eigenvalue weighted by atomic mass is 16.2. The van der Waals surface area contributed by atoms with Gasteiger partial charge in [0.05, 0.1) is 5.41 Å². The second-order valence-electron chi connectivity index (χ2n) is 6.69. The van der Waals surface area contributed by atoms with Crippen LogP contribution in [-0.2, 0) is 4.79 Å². The summed E-state index contributed by atoms with van der Waals surface area (Å²) in [7, 11) is 0. The third-order valence-electron chi connectivity index (χ3n) is 7.45. The van der Waals surface area contributed by atoms with E-state index in [1.807, 2.05) is 0 Å². The predicted molar refractivity (Wildman–Crippen MR) is 59.2 cm³/mol. The van der Waals surface area contributed by atoms with Crippen LogP contribution in [0.4, 0.5) is 0 Å². The molecule has 3 rings (SSSR count). The number of carbonyl (C=O) groups excluding carboxylic acids is 1. The van der Waals surface area contributed by atoms with E-state index in [4.69, 9.17) is 0 Å². The molecular formula is C13H21NO. The third-order valence-corrected chi connectivity index (χ3v) is 7.45. The molecule has 2 aliphatic carbocycles. The van der Waals surface area contributed by atoms with Gasteiger partial charge >= 0.3 is 0 Å². The minimum Gasteiger partial charge on any atom is -0.350 e. The van der Waals surface area contributed by atoms with Crippen LogP contribution in [0.2, 0.25) is 0 Å². The van der Waals surface area contributed by atoms with Gasteiger partial charge < -0.3 is 5.32 Å². The fourth-order valence-electron chi connectivity index (χ4n) is 5.65. The van der Waals surface area contributed by atoms with E-state index in [-0.39, 0.29) is 27.7 Å². The van der Waals surface area contributed by atoms with Gasteiger partial charge in [-0.25, -0.2) is 0 Å². The monoisotopic (exact) mass is 207 g/mol. The van der Waals surface area contributed by atoms with E-state index >= 15 is 0 Å². The predicted octanol–water partition coefficient (Wildman–Crippen LogP) is 2.19. The van der Waals surface area contributed by atoms with E-state index < -0.39 is 0 Å². The lowest BCUT2D eigenvalue weighted by Crippen LogP contribution is -2.49. The molecule has 1 saturated heterocycles. The zero-order valence-electron chi connectivity index (χ0n) is 10.6. The standard InChI is InChI=1S/C13H21NO/c1-7-8(2)12(5)13(6)10(7,3)11(13,4)9(15)14-12/h7-8H,1-6H3,(H,14,15)/t7-,8+,10-,11-,12-,13-/m0/s1. The topological polar surface area (TPSA) is 29.1 Å². The van der Waals surface area contributed by atoms with Crippen molar-refractivity contribution in [2.75, 3.05) is 0 Å². The molecule has 0 aromatic carbocycles. The van der Waals surface area contributed by atoms with Crippen LogP contribution in [0, 0.1) is 28.1 Å². The second kappa shape index (κ2) is 1.87. The van der Waals surface area contributed by atoms with Crippen molar-refractivity contribution in [3.05, 3.63) is 0 Å². The Kier molecular flexibility index (Phi) is 1.21. The Hall–Kier alpha value is -0.530. The smallest absolute Gasteiger partial charge is 0.227 e. The summed E-state index contributed by atoms with van der Waals surface area (Å²) in [5.41, 5.74) is 0.243. The maximum atomic E-state index is 12.2. The van der Waals surface area contributed by atoms with Crippen molar-refractivity contribution in [3.63, 3.8) is 0 Å².